The summed E-state index contributed by atoms with van der Waals surface area (Å²) in [7, 11) is 0. The number of nitrogens with zero attached hydrogens (tertiary/aromatic N) is 2. The van der Waals surface area contributed by atoms with Crippen LogP contribution in [0, 0.1) is 6.92 Å². The summed E-state index contributed by atoms with van der Waals surface area (Å²) < 4.78 is 11.8. The van der Waals surface area contributed by atoms with E-state index in [4.69, 9.17) is 30.9 Å². The standard InChI is InChI=1S/C25H19N3OS2.C11H16N2O3.C7H8/c1-30-25(27-17-7-3-2-4-8-17)19-14-16-13-15(11-12-18(16)22(26)23(19)29)24-28-20-9-5-6-10-21(20)31-24;1-3-15-10-6-9(13-7-14)11(16-4-2)5-8(10)12;1-7-5-3-2-4-6-7/h2-14,29H,26H2,1H3;5-7H,3-4,12H2,1-2H3,(H,13,14);2-6H,1H3. The molecule has 0 aliphatic rings. The van der Waals surface area contributed by atoms with Crippen LogP contribution in [0.2, 0.25) is 0 Å². The van der Waals surface area contributed by atoms with Crippen LogP contribution in [0.4, 0.5) is 22.7 Å². The molecule has 0 radical (unpaired) electrons. The lowest BCUT2D eigenvalue weighted by Crippen LogP contribution is -2.03. The number of aliphatic imine (C=N–C) groups is 1. The van der Waals surface area contributed by atoms with Gasteiger partial charge in [-0.15, -0.1) is 23.1 Å². The Hall–Kier alpha value is -6.04. The summed E-state index contributed by atoms with van der Waals surface area (Å²) in [5.41, 5.74) is 18.3. The third-order valence-electron chi connectivity index (χ3n) is 7.97. The lowest BCUT2D eigenvalue weighted by molar-refractivity contribution is -0.105. The fourth-order valence-corrected chi connectivity index (χ4v) is 6.93. The van der Waals surface area contributed by atoms with Gasteiger partial charge in [0.15, 0.2) is 0 Å². The van der Waals surface area contributed by atoms with E-state index in [1.807, 2.05) is 105 Å². The van der Waals surface area contributed by atoms with Crippen molar-refractivity contribution >= 4 is 78.3 Å². The predicted octanol–water partition coefficient (Wildman–Crippen LogP) is 10.5. The molecule has 0 saturated heterocycles. The minimum absolute atomic E-state index is 0.0595. The van der Waals surface area contributed by atoms with Crippen LogP contribution in [0.3, 0.4) is 0 Å². The van der Waals surface area contributed by atoms with E-state index in [9.17, 15) is 9.90 Å². The second-order valence-electron chi connectivity index (χ2n) is 11.7. The summed E-state index contributed by atoms with van der Waals surface area (Å²) in [6.07, 6.45) is 2.53. The molecule has 0 bridgehead atoms. The van der Waals surface area contributed by atoms with Gasteiger partial charge in [-0.1, -0.05) is 78.4 Å². The maximum absolute atomic E-state index is 10.8. The molecule has 0 aliphatic carbocycles. The zero-order valence-corrected chi connectivity index (χ0v) is 32.2. The number of rotatable bonds is 9. The number of thioether (sulfide) groups is 1. The van der Waals surface area contributed by atoms with Crippen LogP contribution in [-0.4, -0.2) is 41.0 Å². The number of fused-ring (bicyclic) bond motifs is 2. The molecule has 1 amide bonds. The minimum atomic E-state index is 0.0595. The minimum Gasteiger partial charge on any atom is -0.505 e. The summed E-state index contributed by atoms with van der Waals surface area (Å²) in [4.78, 5) is 19.9. The molecule has 7 aromatic rings. The smallest absolute Gasteiger partial charge is 0.211 e. The van der Waals surface area contributed by atoms with E-state index in [0.29, 0.717) is 58.8 Å². The Morgan fingerprint density at radius 2 is 1.54 bits per heavy atom. The Bertz CT molecular complexity index is 2320. The van der Waals surface area contributed by atoms with Crippen molar-refractivity contribution in [3.05, 3.63) is 132 Å². The molecule has 0 aliphatic heterocycles. The first-order valence-electron chi connectivity index (χ1n) is 17.3. The van der Waals surface area contributed by atoms with Crippen LogP contribution in [0.1, 0.15) is 25.0 Å². The quantitative estimate of drug-likeness (QED) is 0.0374. The third kappa shape index (κ3) is 9.88. The number of ether oxygens (including phenoxy) is 2. The molecule has 6 aromatic carbocycles. The maximum Gasteiger partial charge on any atom is 0.211 e. The van der Waals surface area contributed by atoms with Gasteiger partial charge < -0.3 is 31.4 Å². The fraction of sp³-hybridized carbons (Fsp3) is 0.140. The molecule has 1 aromatic heterocycles. The van der Waals surface area contributed by atoms with E-state index in [2.05, 4.69) is 36.5 Å². The Balaban J connectivity index is 0.000000202. The molecule has 6 N–H and O–H groups in total. The van der Waals surface area contributed by atoms with Crippen molar-refractivity contribution < 1.29 is 19.4 Å². The lowest BCUT2D eigenvalue weighted by Gasteiger charge is -2.13. The first kappa shape index (κ1) is 39.2. The highest BCUT2D eigenvalue weighted by Gasteiger charge is 2.16. The van der Waals surface area contributed by atoms with Gasteiger partial charge in [0, 0.05) is 23.1 Å². The van der Waals surface area contributed by atoms with E-state index < -0.39 is 0 Å². The van der Waals surface area contributed by atoms with E-state index >= 15 is 0 Å². The monoisotopic (exact) mass is 757 g/mol. The maximum atomic E-state index is 10.8. The van der Waals surface area contributed by atoms with Crippen LogP contribution in [0.25, 0.3) is 31.6 Å². The van der Waals surface area contributed by atoms with Gasteiger partial charge in [-0.05, 0) is 68.8 Å². The van der Waals surface area contributed by atoms with Crippen LogP contribution in [0.15, 0.2) is 126 Å². The molecule has 0 unspecified atom stereocenters. The van der Waals surface area contributed by atoms with Crippen molar-refractivity contribution in [2.75, 3.05) is 36.3 Å². The van der Waals surface area contributed by atoms with E-state index in [1.165, 1.54) is 17.3 Å². The van der Waals surface area contributed by atoms with Crippen LogP contribution in [-0.2, 0) is 4.79 Å². The zero-order chi connectivity index (χ0) is 38.5. The van der Waals surface area contributed by atoms with E-state index in [0.717, 1.165) is 37.2 Å². The number of carbonyl (C=O) groups is 1. The molecular formula is C43H43N5O4S2. The van der Waals surface area contributed by atoms with Crippen molar-refractivity contribution in [2.45, 2.75) is 20.8 Å². The number of aryl methyl sites for hydroxylation is 1. The number of phenols is 1. The Labute approximate surface area is 323 Å². The number of hydrogen-bond donors (Lipinski definition) is 4. The number of aromatic nitrogens is 1. The number of aromatic hydroxyl groups is 1. The number of para-hydroxylation sites is 2. The van der Waals surface area contributed by atoms with Crippen LogP contribution in [0.5, 0.6) is 17.2 Å². The Morgan fingerprint density at radius 1 is 0.870 bits per heavy atom. The number of nitrogens with one attached hydrogen (secondary N) is 1. The molecule has 0 saturated carbocycles. The second kappa shape index (κ2) is 19.2. The highest BCUT2D eigenvalue weighted by Crippen LogP contribution is 2.39. The average Bonchev–Trinajstić information content (AvgIpc) is 3.63. The number of carbonyl (C=O) groups excluding carboxylic acids is 1. The molecule has 0 spiro atoms. The van der Waals surface area contributed by atoms with E-state index in [-0.39, 0.29) is 5.75 Å². The van der Waals surface area contributed by atoms with Crippen molar-refractivity contribution in [3.63, 3.8) is 0 Å². The fourth-order valence-electron chi connectivity index (χ4n) is 5.39. The summed E-state index contributed by atoms with van der Waals surface area (Å²) in [5, 5.41) is 16.8. The van der Waals surface area contributed by atoms with E-state index in [1.54, 1.807) is 23.5 Å². The van der Waals surface area contributed by atoms with Crippen molar-refractivity contribution in [1.82, 2.24) is 4.98 Å². The van der Waals surface area contributed by atoms with Gasteiger partial charge in [-0.3, -0.25) is 4.79 Å². The van der Waals surface area contributed by atoms with Crippen molar-refractivity contribution in [2.24, 2.45) is 4.99 Å². The highest BCUT2D eigenvalue weighted by molar-refractivity contribution is 8.13. The molecule has 11 heteroatoms. The second-order valence-corrected chi connectivity index (χ2v) is 13.6. The number of phenolic OH excluding ortho intramolecular Hbond substituents is 1. The normalized spacial score (nSPS) is 10.9. The summed E-state index contributed by atoms with van der Waals surface area (Å²) in [6.45, 7) is 6.82. The molecule has 0 fully saturated rings. The zero-order valence-electron chi connectivity index (χ0n) is 30.6. The summed E-state index contributed by atoms with van der Waals surface area (Å²) >= 11 is 3.14. The summed E-state index contributed by atoms with van der Waals surface area (Å²) in [5.74, 6) is 1.13. The first-order valence-corrected chi connectivity index (χ1v) is 19.3. The van der Waals surface area contributed by atoms with Gasteiger partial charge in [0.25, 0.3) is 0 Å². The molecule has 7 rings (SSSR count). The number of benzene rings is 6. The number of amides is 1. The number of hydrogen-bond acceptors (Lipinski definition) is 10. The Morgan fingerprint density at radius 3 is 2.17 bits per heavy atom. The van der Waals surface area contributed by atoms with Crippen LogP contribution >= 0.6 is 23.1 Å². The van der Waals surface area contributed by atoms with Gasteiger partial charge >= 0.3 is 0 Å². The van der Waals surface area contributed by atoms with Gasteiger partial charge in [0.1, 0.15) is 27.3 Å². The predicted molar refractivity (Wildman–Crippen MR) is 229 cm³/mol. The van der Waals surface area contributed by atoms with Crippen molar-refractivity contribution in [1.29, 1.82) is 0 Å². The van der Waals surface area contributed by atoms with Gasteiger partial charge in [0.2, 0.25) is 6.41 Å². The average molecular weight is 758 g/mol. The number of nitrogen functional groups attached to an aromatic ring is 2. The largest absolute Gasteiger partial charge is 0.505 e. The molecule has 9 nitrogen and oxygen atoms in total. The number of anilines is 3. The summed E-state index contributed by atoms with van der Waals surface area (Å²) in [6, 6.07) is 39.4. The molecule has 1 heterocycles. The van der Waals surface area contributed by atoms with Crippen LogP contribution < -0.4 is 26.3 Å². The lowest BCUT2D eigenvalue weighted by atomic mass is 10.0. The SMILES string of the molecule is CCOc1cc(NC=O)c(OCC)cc1N.CSC(=Nc1ccccc1)c1cc2cc(-c3nc4ccccc4s3)ccc2c(N)c1O.Cc1ccccc1. The van der Waals surface area contributed by atoms with Crippen molar-refractivity contribution in [3.8, 4) is 27.8 Å². The highest BCUT2D eigenvalue weighted by atomic mass is 32.2. The first-order chi connectivity index (χ1) is 26.3. The molecule has 0 atom stereocenters. The molecule has 54 heavy (non-hydrogen) atoms. The molecular weight excluding hydrogens is 715 g/mol. The number of nitrogens with two attached hydrogens (primary N) is 2. The Kier molecular flexibility index (Phi) is 13.9. The van der Waals surface area contributed by atoms with Gasteiger partial charge in [-0.25, -0.2) is 9.98 Å². The number of thiazole rings is 1. The third-order valence-corrected chi connectivity index (χ3v) is 9.75. The molecule has 276 valence electrons. The van der Waals surface area contributed by atoms with Gasteiger partial charge in [-0.2, -0.15) is 0 Å². The topological polar surface area (TPSA) is 145 Å². The van der Waals surface area contributed by atoms with Gasteiger partial charge in [0.05, 0.1) is 51.7 Å².